The number of phenolic OH excluding ortho intramolecular Hbond substituents is 1. The molecule has 1 aromatic carbocycles. The molecule has 76 valence electrons. The maximum absolute atomic E-state index is 9.82. The molecule has 3 nitrogen and oxygen atoms in total. The maximum atomic E-state index is 9.82. The highest BCUT2D eigenvalue weighted by molar-refractivity contribution is 5.83. The van der Waals surface area contributed by atoms with E-state index in [0.717, 1.165) is 12.0 Å². The van der Waals surface area contributed by atoms with Gasteiger partial charge < -0.3 is 10.3 Å². The molecule has 3 heteroatoms. The van der Waals surface area contributed by atoms with Gasteiger partial charge in [-0.1, -0.05) is 31.1 Å². The van der Waals surface area contributed by atoms with Gasteiger partial charge in [0.2, 0.25) is 0 Å². The number of phenols is 1. The first-order valence-corrected chi connectivity index (χ1v) is 4.70. The van der Waals surface area contributed by atoms with Crippen LogP contribution in [0.2, 0.25) is 0 Å². The fraction of sp³-hybridized carbons (Fsp3) is 0.364. The smallest absolute Gasteiger partial charge is 0.127 e. The third-order valence-corrected chi connectivity index (χ3v) is 2.44. The molecule has 0 aliphatic carbocycles. The van der Waals surface area contributed by atoms with Crippen molar-refractivity contribution < 1.29 is 10.3 Å². The number of oxime groups is 1. The lowest BCUT2D eigenvalue weighted by molar-refractivity contribution is 0.321. The van der Waals surface area contributed by atoms with Crippen LogP contribution in [-0.4, -0.2) is 16.5 Å². The number of benzene rings is 1. The average molecular weight is 193 g/mol. The number of hydrogen-bond donors (Lipinski definition) is 2. The zero-order chi connectivity index (χ0) is 10.6. The van der Waals surface area contributed by atoms with Crippen LogP contribution in [-0.2, 0) is 0 Å². The van der Waals surface area contributed by atoms with E-state index >= 15 is 0 Å². The van der Waals surface area contributed by atoms with Crippen LogP contribution in [0.3, 0.4) is 0 Å². The van der Waals surface area contributed by atoms with Gasteiger partial charge in [0.15, 0.2) is 0 Å². The van der Waals surface area contributed by atoms with Crippen LogP contribution >= 0.6 is 0 Å². The molecular weight excluding hydrogens is 178 g/mol. The molecule has 0 bridgehead atoms. The summed E-state index contributed by atoms with van der Waals surface area (Å²) in [6, 6.07) is 5.44. The molecule has 1 rings (SSSR count). The van der Waals surface area contributed by atoms with E-state index in [1.54, 1.807) is 6.07 Å². The Labute approximate surface area is 83.7 Å². The van der Waals surface area contributed by atoms with E-state index in [9.17, 15) is 5.11 Å². The van der Waals surface area contributed by atoms with Crippen LogP contribution in [0.1, 0.15) is 37.3 Å². The highest BCUT2D eigenvalue weighted by atomic mass is 16.4. The minimum absolute atomic E-state index is 0.208. The predicted molar refractivity (Wildman–Crippen MR) is 56.2 cm³/mol. The summed E-state index contributed by atoms with van der Waals surface area (Å²) in [6.45, 7) is 4.12. The van der Waals surface area contributed by atoms with Gasteiger partial charge in [-0.05, 0) is 24.0 Å². The Morgan fingerprint density at radius 3 is 2.79 bits per heavy atom. The van der Waals surface area contributed by atoms with Crippen molar-refractivity contribution in [1.29, 1.82) is 0 Å². The largest absolute Gasteiger partial charge is 0.507 e. The lowest BCUT2D eigenvalue weighted by Gasteiger charge is -2.12. The Morgan fingerprint density at radius 2 is 2.21 bits per heavy atom. The van der Waals surface area contributed by atoms with Gasteiger partial charge in [0.05, 0.1) is 6.21 Å². The summed E-state index contributed by atoms with van der Waals surface area (Å²) >= 11 is 0. The molecule has 1 atom stereocenters. The summed E-state index contributed by atoms with van der Waals surface area (Å²) in [5, 5.41) is 21.1. The molecule has 0 aromatic heterocycles. The first-order valence-electron chi connectivity index (χ1n) is 4.70. The van der Waals surface area contributed by atoms with Crippen molar-refractivity contribution >= 4 is 6.21 Å². The summed E-state index contributed by atoms with van der Waals surface area (Å²) < 4.78 is 0. The first-order chi connectivity index (χ1) is 6.70. The lowest BCUT2D eigenvalue weighted by atomic mass is 9.96. The predicted octanol–water partition coefficient (Wildman–Crippen LogP) is 2.71. The van der Waals surface area contributed by atoms with Gasteiger partial charge in [0.25, 0.3) is 0 Å². The number of para-hydroxylation sites is 1. The van der Waals surface area contributed by atoms with Gasteiger partial charge in [0.1, 0.15) is 5.75 Å². The second-order valence-electron chi connectivity index (χ2n) is 3.34. The van der Waals surface area contributed by atoms with E-state index in [4.69, 9.17) is 5.21 Å². The molecule has 0 fully saturated rings. The molecule has 0 amide bonds. The Kier molecular flexibility index (Phi) is 3.51. The molecule has 0 aliphatic rings. The fourth-order valence-electron chi connectivity index (χ4n) is 1.36. The van der Waals surface area contributed by atoms with Crippen molar-refractivity contribution in [2.45, 2.75) is 26.2 Å². The van der Waals surface area contributed by atoms with E-state index in [0.29, 0.717) is 11.5 Å². The third kappa shape index (κ3) is 2.05. The van der Waals surface area contributed by atoms with E-state index in [-0.39, 0.29) is 5.75 Å². The van der Waals surface area contributed by atoms with E-state index in [1.165, 1.54) is 6.21 Å². The van der Waals surface area contributed by atoms with E-state index < -0.39 is 0 Å². The zero-order valence-corrected chi connectivity index (χ0v) is 8.44. The van der Waals surface area contributed by atoms with E-state index in [1.807, 2.05) is 12.1 Å². The fourth-order valence-corrected chi connectivity index (χ4v) is 1.36. The van der Waals surface area contributed by atoms with Crippen molar-refractivity contribution in [1.82, 2.24) is 0 Å². The average Bonchev–Trinajstić information content (AvgIpc) is 2.20. The van der Waals surface area contributed by atoms with Gasteiger partial charge in [-0.2, -0.15) is 0 Å². The summed E-state index contributed by atoms with van der Waals surface area (Å²) in [7, 11) is 0. The van der Waals surface area contributed by atoms with Gasteiger partial charge >= 0.3 is 0 Å². The molecule has 0 aliphatic heterocycles. The molecule has 2 N–H and O–H groups in total. The molecule has 0 saturated carbocycles. The van der Waals surface area contributed by atoms with E-state index in [2.05, 4.69) is 19.0 Å². The van der Waals surface area contributed by atoms with Crippen LogP contribution in [0.4, 0.5) is 0 Å². The Hall–Kier alpha value is -1.51. The molecular formula is C11H15NO2. The molecule has 1 aromatic rings. The Balaban J connectivity index is 3.13. The highest BCUT2D eigenvalue weighted by Gasteiger charge is 2.10. The Morgan fingerprint density at radius 1 is 1.50 bits per heavy atom. The third-order valence-electron chi connectivity index (χ3n) is 2.44. The van der Waals surface area contributed by atoms with Gasteiger partial charge in [-0.25, -0.2) is 0 Å². The van der Waals surface area contributed by atoms with Crippen molar-refractivity contribution in [2.75, 3.05) is 0 Å². The second kappa shape index (κ2) is 4.65. The van der Waals surface area contributed by atoms with Crippen LogP contribution < -0.4 is 0 Å². The van der Waals surface area contributed by atoms with Crippen LogP contribution in [0, 0.1) is 0 Å². The van der Waals surface area contributed by atoms with Crippen molar-refractivity contribution in [3.63, 3.8) is 0 Å². The molecule has 1 unspecified atom stereocenters. The summed E-state index contributed by atoms with van der Waals surface area (Å²) in [4.78, 5) is 0. The maximum Gasteiger partial charge on any atom is 0.127 e. The van der Waals surface area contributed by atoms with Crippen LogP contribution in [0.5, 0.6) is 5.75 Å². The number of nitrogens with zero attached hydrogens (tertiary/aromatic N) is 1. The monoisotopic (exact) mass is 193 g/mol. The van der Waals surface area contributed by atoms with Crippen molar-refractivity contribution in [3.05, 3.63) is 29.3 Å². The van der Waals surface area contributed by atoms with Crippen LogP contribution in [0.15, 0.2) is 23.4 Å². The normalized spacial score (nSPS) is 13.3. The standard InChI is InChI=1S/C11H15NO2/c1-3-8(2)10-6-4-5-9(7-12-14)11(10)13/h4-8,13-14H,3H2,1-2H3/b12-7-. The van der Waals surface area contributed by atoms with Gasteiger partial charge in [-0.3, -0.25) is 0 Å². The summed E-state index contributed by atoms with van der Waals surface area (Å²) in [6.07, 6.45) is 2.20. The molecule has 0 radical (unpaired) electrons. The first kappa shape index (κ1) is 10.6. The minimum atomic E-state index is 0.208. The van der Waals surface area contributed by atoms with Crippen molar-refractivity contribution in [2.24, 2.45) is 5.16 Å². The number of rotatable bonds is 3. The second-order valence-corrected chi connectivity index (χ2v) is 3.34. The minimum Gasteiger partial charge on any atom is -0.507 e. The summed E-state index contributed by atoms with van der Waals surface area (Å²) in [5.41, 5.74) is 1.44. The SMILES string of the molecule is CCC(C)c1cccc(/C=N\O)c1O. The van der Waals surface area contributed by atoms with Gasteiger partial charge in [0, 0.05) is 5.56 Å². The molecule has 0 saturated heterocycles. The van der Waals surface area contributed by atoms with Crippen LogP contribution in [0.25, 0.3) is 0 Å². The molecule has 0 spiro atoms. The molecule has 14 heavy (non-hydrogen) atoms. The Bertz CT molecular complexity index is 334. The lowest BCUT2D eigenvalue weighted by Crippen LogP contribution is -1.94. The zero-order valence-electron chi connectivity index (χ0n) is 8.44. The molecule has 0 heterocycles. The van der Waals surface area contributed by atoms with Crippen molar-refractivity contribution in [3.8, 4) is 5.75 Å². The quantitative estimate of drug-likeness (QED) is 0.440. The number of aromatic hydroxyl groups is 1. The number of hydrogen-bond acceptors (Lipinski definition) is 3. The highest BCUT2D eigenvalue weighted by Crippen LogP contribution is 2.29. The van der Waals surface area contributed by atoms with Gasteiger partial charge in [-0.15, -0.1) is 0 Å². The topological polar surface area (TPSA) is 52.8 Å². The summed E-state index contributed by atoms with van der Waals surface area (Å²) in [5.74, 6) is 0.515.